The molecule has 1 spiro atoms. The summed E-state index contributed by atoms with van der Waals surface area (Å²) in [5, 5.41) is 0. The molecule has 5 aromatic rings. The number of benzene rings is 5. The molecule has 5 aromatic carbocycles. The van der Waals surface area contributed by atoms with Crippen LogP contribution in [0.3, 0.4) is 0 Å². The number of hydrogen-bond acceptors (Lipinski definition) is 5. The fourth-order valence-corrected chi connectivity index (χ4v) is 6.74. The van der Waals surface area contributed by atoms with Crippen LogP contribution >= 0.6 is 0 Å². The van der Waals surface area contributed by atoms with Gasteiger partial charge < -0.3 is 19.3 Å². The van der Waals surface area contributed by atoms with Gasteiger partial charge in [0.25, 0.3) is 0 Å². The molecule has 0 saturated heterocycles. The molecular weight excluding hydrogens is 556 g/mol. The van der Waals surface area contributed by atoms with E-state index in [9.17, 15) is 4.79 Å². The molecule has 0 saturated carbocycles. The third kappa shape index (κ3) is 4.65. The molecule has 7 rings (SSSR count). The molecule has 5 heteroatoms. The van der Waals surface area contributed by atoms with Crippen LogP contribution in [0.1, 0.15) is 60.4 Å². The lowest BCUT2D eigenvalue weighted by Crippen LogP contribution is -2.33. The van der Waals surface area contributed by atoms with Crippen LogP contribution in [0.5, 0.6) is 11.5 Å². The number of anilines is 2. The molecule has 0 radical (unpaired) electrons. The van der Waals surface area contributed by atoms with Crippen molar-refractivity contribution in [1.29, 1.82) is 0 Å². The predicted octanol–water partition coefficient (Wildman–Crippen LogP) is 8.76. The van der Waals surface area contributed by atoms with Crippen molar-refractivity contribution in [3.63, 3.8) is 0 Å². The first-order valence-electron chi connectivity index (χ1n) is 15.5. The van der Waals surface area contributed by atoms with Gasteiger partial charge in [0.15, 0.2) is 5.60 Å². The van der Waals surface area contributed by atoms with Crippen LogP contribution in [0.4, 0.5) is 11.4 Å². The largest absolute Gasteiger partial charge is 0.456 e. The third-order valence-electron chi connectivity index (χ3n) is 9.72. The molecule has 2 heterocycles. The van der Waals surface area contributed by atoms with Gasteiger partial charge in [-0.3, -0.25) is 0 Å². The van der Waals surface area contributed by atoms with Crippen molar-refractivity contribution < 1.29 is 14.3 Å². The minimum absolute atomic E-state index is 0.325. The molecule has 45 heavy (non-hydrogen) atoms. The van der Waals surface area contributed by atoms with Gasteiger partial charge in [0.1, 0.15) is 11.5 Å². The first-order valence-corrected chi connectivity index (χ1v) is 15.5. The van der Waals surface area contributed by atoms with Gasteiger partial charge in [-0.05, 0) is 97.5 Å². The maximum atomic E-state index is 13.5. The molecule has 0 N–H and O–H groups in total. The number of aryl methyl sites for hydroxylation is 2. The van der Waals surface area contributed by atoms with E-state index in [2.05, 4.69) is 87.2 Å². The summed E-state index contributed by atoms with van der Waals surface area (Å²) in [6.45, 7) is 10.2. The maximum Gasteiger partial charge on any atom is 0.340 e. The topological polar surface area (TPSA) is 42.0 Å². The molecule has 0 fully saturated rings. The SMILES string of the molecule is Cc1cccc(CN(Cc2cccc(C)c2C)c2ccc3c(c2)C2(OC(=O)c4ccccc42)c2ccc(N(C)C)cc2O3)c1C. The molecular formula is C40H38N2O3. The van der Waals surface area contributed by atoms with Crippen molar-refractivity contribution in [1.82, 2.24) is 0 Å². The molecule has 0 aliphatic carbocycles. The van der Waals surface area contributed by atoms with Crippen LogP contribution in [0.25, 0.3) is 0 Å². The van der Waals surface area contributed by atoms with Crippen molar-refractivity contribution in [2.45, 2.75) is 46.4 Å². The zero-order chi connectivity index (χ0) is 31.5. The number of nitrogens with zero attached hydrogens (tertiary/aromatic N) is 2. The van der Waals surface area contributed by atoms with E-state index < -0.39 is 5.60 Å². The van der Waals surface area contributed by atoms with Crippen LogP contribution in [0, 0.1) is 27.7 Å². The van der Waals surface area contributed by atoms with E-state index in [0.717, 1.165) is 41.2 Å². The highest BCUT2D eigenvalue weighted by Gasteiger charge is 2.53. The Bertz CT molecular complexity index is 1920. The molecule has 0 amide bonds. The first kappa shape index (κ1) is 28.7. The molecule has 1 atom stereocenters. The minimum Gasteiger partial charge on any atom is -0.456 e. The Balaban J connectivity index is 1.42. The zero-order valence-electron chi connectivity index (χ0n) is 26.8. The molecule has 5 nitrogen and oxygen atoms in total. The Morgan fingerprint density at radius 1 is 0.622 bits per heavy atom. The number of hydrogen-bond donors (Lipinski definition) is 0. The number of carbonyl (C=O) groups is 1. The highest BCUT2D eigenvalue weighted by Crippen LogP contribution is 2.57. The molecule has 0 aromatic heterocycles. The van der Waals surface area contributed by atoms with E-state index in [1.54, 1.807) is 0 Å². The second kappa shape index (κ2) is 10.8. The summed E-state index contributed by atoms with van der Waals surface area (Å²) in [4.78, 5) is 18.0. The van der Waals surface area contributed by atoms with Gasteiger partial charge in [-0.25, -0.2) is 4.79 Å². The molecule has 1 unspecified atom stereocenters. The van der Waals surface area contributed by atoms with Crippen molar-refractivity contribution in [2.75, 3.05) is 23.9 Å². The summed E-state index contributed by atoms with van der Waals surface area (Å²) in [6, 6.07) is 33.2. The van der Waals surface area contributed by atoms with Gasteiger partial charge in [-0.1, -0.05) is 54.6 Å². The number of carbonyl (C=O) groups excluding carboxylic acids is 1. The lowest BCUT2D eigenvalue weighted by atomic mass is 9.77. The maximum absolute atomic E-state index is 13.5. The van der Waals surface area contributed by atoms with E-state index in [-0.39, 0.29) is 5.97 Å². The monoisotopic (exact) mass is 594 g/mol. The van der Waals surface area contributed by atoms with Crippen LogP contribution in [0.2, 0.25) is 0 Å². The van der Waals surface area contributed by atoms with Gasteiger partial charge in [-0.15, -0.1) is 0 Å². The standard InChI is InChI=1S/C40H38N2O3/c1-25-11-9-13-29(27(25)3)23-42(24-30-14-10-12-26(2)28(30)4)32-18-20-37-36(21-32)40(34-16-8-7-15-33(34)39(43)45-40)35-19-17-31(41(5)6)22-38(35)44-37/h7-22H,23-24H2,1-6H3. The van der Waals surface area contributed by atoms with Gasteiger partial charge in [-0.2, -0.15) is 0 Å². The summed E-state index contributed by atoms with van der Waals surface area (Å²) in [5.74, 6) is 1.05. The third-order valence-corrected chi connectivity index (χ3v) is 9.72. The van der Waals surface area contributed by atoms with E-state index >= 15 is 0 Å². The fraction of sp³-hybridized carbons (Fsp3) is 0.225. The molecule has 2 aliphatic rings. The quantitative estimate of drug-likeness (QED) is 0.184. The van der Waals surface area contributed by atoms with Gasteiger partial charge >= 0.3 is 5.97 Å². The minimum atomic E-state index is -1.12. The summed E-state index contributed by atoms with van der Waals surface area (Å²) >= 11 is 0. The van der Waals surface area contributed by atoms with Crippen molar-refractivity contribution in [3.05, 3.63) is 153 Å². The Hall–Kier alpha value is -5.03. The molecule has 226 valence electrons. The molecule has 2 aliphatic heterocycles. The Labute approximate surface area is 265 Å². The summed E-state index contributed by atoms with van der Waals surface area (Å²) in [6.07, 6.45) is 0. The van der Waals surface area contributed by atoms with Gasteiger partial charge in [0, 0.05) is 61.3 Å². The normalized spacial score (nSPS) is 16.0. The van der Waals surface area contributed by atoms with Crippen LogP contribution in [0.15, 0.2) is 97.1 Å². The van der Waals surface area contributed by atoms with Crippen LogP contribution < -0.4 is 14.5 Å². The number of fused-ring (bicyclic) bond motifs is 6. The zero-order valence-corrected chi connectivity index (χ0v) is 26.8. The average molecular weight is 595 g/mol. The highest BCUT2D eigenvalue weighted by molar-refractivity contribution is 5.97. The fourth-order valence-electron chi connectivity index (χ4n) is 6.74. The van der Waals surface area contributed by atoms with Crippen molar-refractivity contribution >= 4 is 17.3 Å². The van der Waals surface area contributed by atoms with Crippen molar-refractivity contribution in [2.24, 2.45) is 0 Å². The smallest absolute Gasteiger partial charge is 0.340 e. The average Bonchev–Trinajstić information content (AvgIpc) is 3.33. The lowest BCUT2D eigenvalue weighted by molar-refractivity contribution is 0.0224. The second-order valence-corrected chi connectivity index (χ2v) is 12.5. The number of esters is 1. The summed E-state index contributed by atoms with van der Waals surface area (Å²) in [7, 11) is 4.01. The van der Waals surface area contributed by atoms with E-state index in [0.29, 0.717) is 17.1 Å². The van der Waals surface area contributed by atoms with Gasteiger partial charge in [0.05, 0.1) is 5.56 Å². The lowest BCUT2D eigenvalue weighted by Gasteiger charge is -2.38. The number of rotatable bonds is 6. The van der Waals surface area contributed by atoms with Crippen LogP contribution in [-0.2, 0) is 23.4 Å². The van der Waals surface area contributed by atoms with Crippen LogP contribution in [-0.4, -0.2) is 20.1 Å². The Morgan fingerprint density at radius 3 is 1.93 bits per heavy atom. The summed E-state index contributed by atoms with van der Waals surface area (Å²) in [5.41, 5.74) is 11.7. The Morgan fingerprint density at radius 2 is 1.27 bits per heavy atom. The van der Waals surface area contributed by atoms with E-state index in [1.165, 1.54) is 33.4 Å². The first-order chi connectivity index (χ1) is 21.7. The summed E-state index contributed by atoms with van der Waals surface area (Å²) < 4.78 is 13.1. The predicted molar refractivity (Wildman–Crippen MR) is 181 cm³/mol. The number of ether oxygens (including phenoxy) is 2. The van der Waals surface area contributed by atoms with Crippen molar-refractivity contribution in [3.8, 4) is 11.5 Å². The second-order valence-electron chi connectivity index (χ2n) is 12.5. The van der Waals surface area contributed by atoms with E-state index in [1.807, 2.05) is 61.5 Å². The van der Waals surface area contributed by atoms with Gasteiger partial charge in [0.2, 0.25) is 0 Å². The highest BCUT2D eigenvalue weighted by atomic mass is 16.6. The Kier molecular flexibility index (Phi) is 6.92. The van der Waals surface area contributed by atoms with E-state index in [4.69, 9.17) is 9.47 Å². The molecule has 0 bridgehead atoms.